The summed E-state index contributed by atoms with van der Waals surface area (Å²) in [7, 11) is 2.74. The number of amides is 1. The first-order valence-electron chi connectivity index (χ1n) is 4.39. The average molecular weight is 227 g/mol. The number of halogens is 3. The van der Waals surface area contributed by atoms with Gasteiger partial charge in [0.1, 0.15) is 0 Å². The number of hydrogen-bond donors (Lipinski definition) is 0. The van der Waals surface area contributed by atoms with Crippen molar-refractivity contribution in [2.24, 2.45) is 5.92 Å². The molecule has 1 amide bonds. The molecule has 4 nitrogen and oxygen atoms in total. The first-order chi connectivity index (χ1) is 6.83. The molecule has 1 fully saturated rings. The van der Waals surface area contributed by atoms with Crippen LogP contribution in [0.25, 0.3) is 0 Å². The van der Waals surface area contributed by atoms with E-state index in [1.807, 2.05) is 0 Å². The second-order valence-electron chi connectivity index (χ2n) is 3.37. The van der Waals surface area contributed by atoms with Crippen molar-refractivity contribution in [1.29, 1.82) is 0 Å². The Hall–Kier alpha value is -0.820. The molecular weight excluding hydrogens is 215 g/mol. The van der Waals surface area contributed by atoms with E-state index in [9.17, 15) is 18.0 Å². The minimum atomic E-state index is -4.62. The molecule has 0 aliphatic heterocycles. The molecule has 0 aromatic rings. The molecule has 88 valence electrons. The van der Waals surface area contributed by atoms with E-state index in [1.165, 1.54) is 14.2 Å². The molecular formula is C8H12F3NO3. The highest BCUT2D eigenvalue weighted by Gasteiger charge is 2.43. The van der Waals surface area contributed by atoms with Gasteiger partial charge in [-0.15, -0.1) is 13.2 Å². The second-order valence-corrected chi connectivity index (χ2v) is 3.37. The maximum absolute atomic E-state index is 11.7. The number of hydrogen-bond acceptors (Lipinski definition) is 3. The molecule has 1 rings (SSSR count). The smallest absolute Gasteiger partial charge is 0.289 e. The number of nitrogens with zero attached hydrogens (tertiary/aromatic N) is 1. The van der Waals surface area contributed by atoms with Gasteiger partial charge in [-0.1, -0.05) is 0 Å². The molecule has 0 aromatic heterocycles. The van der Waals surface area contributed by atoms with Crippen molar-refractivity contribution in [3.05, 3.63) is 0 Å². The van der Waals surface area contributed by atoms with E-state index >= 15 is 0 Å². The summed E-state index contributed by atoms with van der Waals surface area (Å²) >= 11 is 0. The fourth-order valence-corrected chi connectivity index (χ4v) is 1.40. The molecule has 15 heavy (non-hydrogen) atoms. The minimum absolute atomic E-state index is 0.0893. The van der Waals surface area contributed by atoms with E-state index in [1.54, 1.807) is 0 Å². The Morgan fingerprint density at radius 1 is 1.40 bits per heavy atom. The highest BCUT2D eigenvalue weighted by atomic mass is 19.4. The summed E-state index contributed by atoms with van der Waals surface area (Å²) in [6.07, 6.45) is -5.34. The minimum Gasteiger partial charge on any atom is -0.289 e. The van der Waals surface area contributed by atoms with Crippen molar-refractivity contribution < 1.29 is 27.5 Å². The maximum Gasteiger partial charge on any atom is 0.522 e. The quantitative estimate of drug-likeness (QED) is 0.682. The standard InChI is InChI=1S/C8H12F3NO3/c1-12(14-2)7(13)5-3-6(4-5)15-8(9,10)11/h5-6H,3-4H2,1-2H3/t5-,6+. The number of alkyl halides is 3. The van der Waals surface area contributed by atoms with Crippen molar-refractivity contribution in [3.8, 4) is 0 Å². The van der Waals surface area contributed by atoms with Crippen molar-refractivity contribution in [2.45, 2.75) is 25.3 Å². The van der Waals surface area contributed by atoms with Crippen LogP contribution in [0.5, 0.6) is 0 Å². The van der Waals surface area contributed by atoms with Crippen LogP contribution < -0.4 is 0 Å². The zero-order valence-corrected chi connectivity index (χ0v) is 8.37. The number of hydroxylamine groups is 2. The molecule has 0 radical (unpaired) electrons. The van der Waals surface area contributed by atoms with Gasteiger partial charge in [-0.05, 0) is 12.8 Å². The van der Waals surface area contributed by atoms with Crippen molar-refractivity contribution >= 4 is 5.91 Å². The third-order valence-electron chi connectivity index (χ3n) is 2.33. The summed E-state index contributed by atoms with van der Waals surface area (Å²) in [5.41, 5.74) is 0. The molecule has 0 spiro atoms. The van der Waals surface area contributed by atoms with Gasteiger partial charge in [0.2, 0.25) is 5.91 Å². The Morgan fingerprint density at radius 2 is 1.93 bits per heavy atom. The summed E-state index contributed by atoms with van der Waals surface area (Å²) < 4.78 is 39.0. The van der Waals surface area contributed by atoms with E-state index in [0.29, 0.717) is 0 Å². The number of carbonyl (C=O) groups is 1. The van der Waals surface area contributed by atoms with Crippen LogP contribution in [0, 0.1) is 5.92 Å². The normalized spacial score (nSPS) is 25.9. The number of carbonyl (C=O) groups excluding carboxylic acids is 1. The van der Waals surface area contributed by atoms with E-state index in [-0.39, 0.29) is 18.7 Å². The Balaban J connectivity index is 2.29. The summed E-state index contributed by atoms with van der Waals surface area (Å²) in [5, 5.41) is 1.01. The third kappa shape index (κ3) is 3.35. The lowest BCUT2D eigenvalue weighted by Gasteiger charge is -2.35. The van der Waals surface area contributed by atoms with Crippen LogP contribution in [-0.4, -0.2) is 37.6 Å². The molecule has 1 aliphatic rings. The average Bonchev–Trinajstić information content (AvgIpc) is 2.06. The fourth-order valence-electron chi connectivity index (χ4n) is 1.40. The van der Waals surface area contributed by atoms with Gasteiger partial charge in [0.15, 0.2) is 0 Å². The second kappa shape index (κ2) is 4.36. The van der Waals surface area contributed by atoms with E-state index in [4.69, 9.17) is 0 Å². The van der Waals surface area contributed by atoms with E-state index < -0.39 is 18.4 Å². The summed E-state index contributed by atoms with van der Waals surface area (Å²) in [6.45, 7) is 0. The lowest BCUT2D eigenvalue weighted by atomic mass is 9.81. The summed E-state index contributed by atoms with van der Waals surface area (Å²) in [5.74, 6) is -0.748. The first kappa shape index (κ1) is 12.3. The number of rotatable bonds is 3. The molecule has 0 unspecified atom stereocenters. The van der Waals surface area contributed by atoms with Gasteiger partial charge in [-0.2, -0.15) is 0 Å². The molecule has 0 aromatic carbocycles. The highest BCUT2D eigenvalue weighted by Crippen LogP contribution is 2.35. The molecule has 1 aliphatic carbocycles. The Bertz CT molecular complexity index is 238. The fraction of sp³-hybridized carbons (Fsp3) is 0.875. The van der Waals surface area contributed by atoms with Crippen LogP contribution >= 0.6 is 0 Å². The zero-order valence-electron chi connectivity index (χ0n) is 8.37. The predicted molar refractivity (Wildman–Crippen MR) is 43.4 cm³/mol. The highest BCUT2D eigenvalue weighted by molar-refractivity contribution is 5.78. The van der Waals surface area contributed by atoms with Gasteiger partial charge >= 0.3 is 6.36 Å². The Kier molecular flexibility index (Phi) is 3.56. The summed E-state index contributed by atoms with van der Waals surface area (Å²) in [4.78, 5) is 16.0. The van der Waals surface area contributed by atoms with Crippen LogP contribution in [-0.2, 0) is 14.4 Å². The molecule has 0 bridgehead atoms. The summed E-state index contributed by atoms with van der Waals surface area (Å²) in [6, 6.07) is 0. The van der Waals surface area contributed by atoms with Gasteiger partial charge in [-0.25, -0.2) is 5.06 Å². The monoisotopic (exact) mass is 227 g/mol. The van der Waals surface area contributed by atoms with Crippen LogP contribution in [0.1, 0.15) is 12.8 Å². The van der Waals surface area contributed by atoms with Crippen molar-refractivity contribution in [3.63, 3.8) is 0 Å². The lowest BCUT2D eigenvalue weighted by molar-refractivity contribution is -0.353. The third-order valence-corrected chi connectivity index (χ3v) is 2.33. The van der Waals surface area contributed by atoms with Gasteiger partial charge in [-0.3, -0.25) is 14.4 Å². The largest absolute Gasteiger partial charge is 0.522 e. The van der Waals surface area contributed by atoms with Crippen LogP contribution in [0.3, 0.4) is 0 Å². The molecule has 7 heteroatoms. The first-order valence-corrected chi connectivity index (χ1v) is 4.39. The van der Waals surface area contributed by atoms with Gasteiger partial charge < -0.3 is 0 Å². The van der Waals surface area contributed by atoms with Gasteiger partial charge in [0, 0.05) is 13.0 Å². The molecule has 0 saturated heterocycles. The molecule has 0 heterocycles. The SMILES string of the molecule is CON(C)C(=O)[C@H]1C[C@@H](OC(F)(F)F)C1. The Labute approximate surface area is 84.9 Å². The van der Waals surface area contributed by atoms with Crippen LogP contribution in [0.4, 0.5) is 13.2 Å². The van der Waals surface area contributed by atoms with Crippen molar-refractivity contribution in [2.75, 3.05) is 14.2 Å². The zero-order chi connectivity index (χ0) is 11.6. The number of ether oxygens (including phenoxy) is 1. The molecule has 0 atom stereocenters. The lowest BCUT2D eigenvalue weighted by Crippen LogP contribution is -2.44. The van der Waals surface area contributed by atoms with E-state index in [2.05, 4.69) is 9.57 Å². The van der Waals surface area contributed by atoms with E-state index in [0.717, 1.165) is 5.06 Å². The van der Waals surface area contributed by atoms with Gasteiger partial charge in [0.25, 0.3) is 0 Å². The van der Waals surface area contributed by atoms with Crippen LogP contribution in [0.15, 0.2) is 0 Å². The maximum atomic E-state index is 11.7. The predicted octanol–water partition coefficient (Wildman–Crippen LogP) is 1.32. The Morgan fingerprint density at radius 3 is 2.33 bits per heavy atom. The van der Waals surface area contributed by atoms with Crippen LogP contribution in [0.2, 0.25) is 0 Å². The molecule has 1 saturated carbocycles. The molecule has 0 N–H and O–H groups in total. The van der Waals surface area contributed by atoms with Gasteiger partial charge in [0.05, 0.1) is 13.2 Å². The van der Waals surface area contributed by atoms with Crippen molar-refractivity contribution in [1.82, 2.24) is 5.06 Å². The topological polar surface area (TPSA) is 38.8 Å².